The molecule has 9 heteroatoms. The van der Waals surface area contributed by atoms with Crippen LogP contribution in [0.1, 0.15) is 25.0 Å². The summed E-state index contributed by atoms with van der Waals surface area (Å²) in [5.74, 6) is -4.01. The first kappa shape index (κ1) is 21.6. The second kappa shape index (κ2) is 11.2. The smallest absolute Gasteiger partial charge is 0.351 e. The Bertz CT molecular complexity index is 604. The molecule has 27 heavy (non-hydrogen) atoms. The van der Waals surface area contributed by atoms with Crippen LogP contribution in [0.5, 0.6) is 0 Å². The van der Waals surface area contributed by atoms with E-state index < -0.39 is 11.9 Å². The van der Waals surface area contributed by atoms with Crippen LogP contribution < -0.4 is 10.0 Å². The molecule has 1 aromatic heterocycles. The highest BCUT2D eigenvalue weighted by molar-refractivity contribution is 7.99. The van der Waals surface area contributed by atoms with E-state index in [-0.39, 0.29) is 6.29 Å². The van der Waals surface area contributed by atoms with E-state index in [1.54, 1.807) is 4.90 Å². The fraction of sp³-hybridized carbons (Fsp3) is 0.611. The van der Waals surface area contributed by atoms with E-state index in [1.165, 1.54) is 37.5 Å². The molecule has 2 aliphatic rings. The summed E-state index contributed by atoms with van der Waals surface area (Å²) in [7, 11) is 0. The number of aryl methyl sites for hydroxylation is 1. The number of nitrogens with one attached hydrogen (secondary N) is 1. The lowest BCUT2D eigenvalue weighted by Gasteiger charge is -2.29. The van der Waals surface area contributed by atoms with Crippen LogP contribution in [0.25, 0.3) is 0 Å². The van der Waals surface area contributed by atoms with Crippen LogP contribution in [-0.2, 0) is 19.1 Å². The minimum Gasteiger partial charge on any atom is -0.539 e. The fourth-order valence-electron chi connectivity index (χ4n) is 3.02. The van der Waals surface area contributed by atoms with Crippen LogP contribution in [0, 0.1) is 6.92 Å². The number of carboxylic acid groups (broad SMARTS) is 2. The van der Waals surface area contributed by atoms with Gasteiger partial charge in [0.05, 0.1) is 37.9 Å². The summed E-state index contributed by atoms with van der Waals surface area (Å²) >= 11 is 1.95. The Morgan fingerprint density at radius 3 is 2.48 bits per heavy atom. The Morgan fingerprint density at radius 2 is 1.93 bits per heavy atom. The van der Waals surface area contributed by atoms with Gasteiger partial charge < -0.3 is 29.4 Å². The average molecular weight is 398 g/mol. The first-order valence-electron chi connectivity index (χ1n) is 9.05. The summed E-state index contributed by atoms with van der Waals surface area (Å²) in [5, 5.41) is 18.2. The van der Waals surface area contributed by atoms with Gasteiger partial charge in [0.15, 0.2) is 12.3 Å². The van der Waals surface area contributed by atoms with Gasteiger partial charge in [0.1, 0.15) is 0 Å². The van der Waals surface area contributed by atoms with Gasteiger partial charge >= 0.3 is 5.97 Å². The number of hydrogen-bond donors (Lipinski definition) is 2. The van der Waals surface area contributed by atoms with Crippen molar-refractivity contribution < 1.29 is 34.2 Å². The van der Waals surface area contributed by atoms with Crippen LogP contribution in [0.15, 0.2) is 23.2 Å². The van der Waals surface area contributed by atoms with Crippen molar-refractivity contribution in [2.75, 3.05) is 32.8 Å². The molecular formula is C18H26N2O6S. The third kappa shape index (κ3) is 8.25. The van der Waals surface area contributed by atoms with Crippen molar-refractivity contribution in [3.05, 3.63) is 23.9 Å². The van der Waals surface area contributed by atoms with Gasteiger partial charge in [-0.1, -0.05) is 6.07 Å². The minimum absolute atomic E-state index is 0.0566. The van der Waals surface area contributed by atoms with Crippen molar-refractivity contribution in [1.29, 1.82) is 0 Å². The number of rotatable bonds is 5. The van der Waals surface area contributed by atoms with Crippen LogP contribution in [0.2, 0.25) is 0 Å². The maximum absolute atomic E-state index is 9.04. The van der Waals surface area contributed by atoms with E-state index in [4.69, 9.17) is 29.3 Å². The number of hydrogen-bond acceptors (Lipinski definition) is 7. The van der Waals surface area contributed by atoms with Crippen LogP contribution in [-0.4, -0.2) is 66.4 Å². The normalized spacial score (nSPS) is 22.7. The Morgan fingerprint density at radius 1 is 1.30 bits per heavy atom. The number of piperidine rings is 1. The molecule has 0 radical (unpaired) electrons. The first-order valence-corrected chi connectivity index (χ1v) is 9.93. The highest BCUT2D eigenvalue weighted by Crippen LogP contribution is 2.26. The summed E-state index contributed by atoms with van der Waals surface area (Å²) in [6, 6.07) is 6.29. The molecule has 2 N–H and O–H groups in total. The van der Waals surface area contributed by atoms with Crippen molar-refractivity contribution in [3.63, 3.8) is 0 Å². The highest BCUT2D eigenvalue weighted by Gasteiger charge is 2.25. The number of carbonyl (C=O) groups excluding carboxylic acids is 1. The summed E-state index contributed by atoms with van der Waals surface area (Å²) in [5.41, 5.74) is 1.11. The van der Waals surface area contributed by atoms with Crippen molar-refractivity contribution in [2.45, 2.75) is 42.8 Å². The molecule has 2 fully saturated rings. The molecule has 2 aliphatic heterocycles. The van der Waals surface area contributed by atoms with Crippen LogP contribution in [0.4, 0.5) is 0 Å². The van der Waals surface area contributed by atoms with E-state index in [2.05, 4.69) is 30.1 Å². The Hall–Kier alpha value is -1.68. The zero-order chi connectivity index (χ0) is 19.6. The molecule has 0 aliphatic carbocycles. The average Bonchev–Trinajstić information content (AvgIpc) is 3.15. The lowest BCUT2D eigenvalue weighted by Crippen LogP contribution is -3.13. The monoisotopic (exact) mass is 398 g/mol. The van der Waals surface area contributed by atoms with E-state index in [1.807, 2.05) is 11.8 Å². The molecule has 8 nitrogen and oxygen atoms in total. The van der Waals surface area contributed by atoms with Gasteiger partial charge in [-0.3, -0.25) is 0 Å². The third-order valence-corrected chi connectivity index (χ3v) is 5.66. The summed E-state index contributed by atoms with van der Waals surface area (Å²) in [6.45, 7) is 7.28. The lowest BCUT2D eigenvalue weighted by molar-refractivity contribution is -0.905. The molecule has 0 atom stereocenters. The minimum atomic E-state index is -2.07. The lowest BCUT2D eigenvalue weighted by atomic mass is 10.1. The highest BCUT2D eigenvalue weighted by atomic mass is 32.2. The summed E-state index contributed by atoms with van der Waals surface area (Å²) < 4.78 is 11.0. The maximum atomic E-state index is 9.04. The molecular weight excluding hydrogens is 372 g/mol. The molecule has 150 valence electrons. The Balaban J connectivity index is 0.000000380. The van der Waals surface area contributed by atoms with Gasteiger partial charge in [-0.2, -0.15) is 0 Å². The molecule has 3 heterocycles. The molecule has 0 amide bonds. The fourth-order valence-corrected chi connectivity index (χ4v) is 4.18. The standard InChI is InChI=1S/C16H24N2O2S.C2H2O4/c1-13-3-2-4-15(17-13)21-14-5-8-18(9-6-14)10-7-16-19-11-12-20-16;3-1(4)2(5)6/h2-4,14,16H,5-12H2,1H3;(H,3,4)(H,5,6). The summed E-state index contributed by atoms with van der Waals surface area (Å²) in [6.07, 6.45) is 3.65. The molecule has 0 bridgehead atoms. The largest absolute Gasteiger partial charge is 0.539 e. The third-order valence-electron chi connectivity index (χ3n) is 4.39. The number of quaternary nitrogens is 1. The van der Waals surface area contributed by atoms with Gasteiger partial charge in [-0.15, -0.1) is 11.8 Å². The number of ether oxygens (including phenoxy) is 2. The molecule has 2 saturated heterocycles. The van der Waals surface area contributed by atoms with Crippen molar-refractivity contribution >= 4 is 23.7 Å². The molecule has 0 unspecified atom stereocenters. The van der Waals surface area contributed by atoms with E-state index >= 15 is 0 Å². The number of aliphatic carboxylic acids is 2. The number of carboxylic acids is 2. The van der Waals surface area contributed by atoms with E-state index in [0.717, 1.165) is 30.6 Å². The van der Waals surface area contributed by atoms with Crippen molar-refractivity contribution in [2.24, 2.45) is 0 Å². The Labute approximate surface area is 162 Å². The maximum Gasteiger partial charge on any atom is 0.351 e. The molecule has 1 aromatic rings. The quantitative estimate of drug-likeness (QED) is 0.615. The molecule has 0 saturated carbocycles. The van der Waals surface area contributed by atoms with Gasteiger partial charge in [-0.05, 0) is 19.1 Å². The number of pyridine rings is 1. The van der Waals surface area contributed by atoms with Crippen molar-refractivity contribution in [1.82, 2.24) is 4.98 Å². The number of likely N-dealkylation sites (tertiary alicyclic amines) is 1. The van der Waals surface area contributed by atoms with Crippen LogP contribution in [0.3, 0.4) is 0 Å². The predicted molar refractivity (Wildman–Crippen MR) is 96.4 cm³/mol. The van der Waals surface area contributed by atoms with Gasteiger partial charge in [0, 0.05) is 30.2 Å². The van der Waals surface area contributed by atoms with Crippen LogP contribution >= 0.6 is 11.8 Å². The van der Waals surface area contributed by atoms with E-state index in [0.29, 0.717) is 0 Å². The summed E-state index contributed by atoms with van der Waals surface area (Å²) in [4.78, 5) is 24.3. The van der Waals surface area contributed by atoms with Gasteiger partial charge in [-0.25, -0.2) is 9.78 Å². The topological polar surface area (TPSA) is 113 Å². The number of carbonyl (C=O) groups is 2. The predicted octanol–water partition coefficient (Wildman–Crippen LogP) is -0.887. The zero-order valence-electron chi connectivity index (χ0n) is 15.4. The first-order chi connectivity index (χ1) is 12.9. The van der Waals surface area contributed by atoms with Gasteiger partial charge in [0.25, 0.3) is 0 Å². The number of aromatic nitrogens is 1. The number of thioether (sulfide) groups is 1. The zero-order valence-corrected chi connectivity index (χ0v) is 16.2. The molecule has 0 aromatic carbocycles. The second-order valence-electron chi connectivity index (χ2n) is 6.49. The van der Waals surface area contributed by atoms with E-state index in [9.17, 15) is 0 Å². The Kier molecular flexibility index (Phi) is 8.99. The molecule has 3 rings (SSSR count). The second-order valence-corrected chi connectivity index (χ2v) is 7.81. The molecule has 0 spiro atoms. The number of nitrogens with zero attached hydrogens (tertiary/aromatic N) is 1. The van der Waals surface area contributed by atoms with Gasteiger partial charge in [0.2, 0.25) is 0 Å². The SMILES string of the molecule is Cc1cccc(SC2CC[NH+](CCC3OCCO3)CC2)n1.O=C([O-])C(=O)O. The van der Waals surface area contributed by atoms with Crippen molar-refractivity contribution in [3.8, 4) is 0 Å².